The zero-order valence-electron chi connectivity index (χ0n) is 11.1. The van der Waals surface area contributed by atoms with E-state index in [1.807, 2.05) is 12.3 Å². The molecule has 96 valence electrons. The fourth-order valence-electron chi connectivity index (χ4n) is 1.86. The van der Waals surface area contributed by atoms with Crippen LogP contribution in [0.1, 0.15) is 26.3 Å². The number of imidazole rings is 1. The number of ether oxygens (including phenoxy) is 1. The lowest BCUT2D eigenvalue weighted by molar-refractivity contribution is 0.415. The van der Waals surface area contributed by atoms with Crippen LogP contribution in [0.25, 0.3) is 11.3 Å². The van der Waals surface area contributed by atoms with E-state index in [0.717, 1.165) is 17.0 Å². The van der Waals surface area contributed by atoms with Gasteiger partial charge in [-0.25, -0.2) is 0 Å². The summed E-state index contributed by atoms with van der Waals surface area (Å²) in [6.45, 7) is 6.58. The van der Waals surface area contributed by atoms with E-state index in [2.05, 4.69) is 42.9 Å². The highest BCUT2D eigenvalue weighted by atomic mass is 32.1. The number of benzene rings is 1. The molecule has 0 bridgehead atoms. The van der Waals surface area contributed by atoms with Crippen molar-refractivity contribution in [2.45, 2.75) is 26.2 Å². The molecule has 0 saturated carbocycles. The topological polar surface area (TPSA) is 40.8 Å². The van der Waals surface area contributed by atoms with Gasteiger partial charge in [-0.15, -0.1) is 0 Å². The maximum atomic E-state index is 5.41. The second-order valence-electron chi connectivity index (χ2n) is 5.32. The first kappa shape index (κ1) is 12.9. The Hall–Kier alpha value is -1.55. The Labute approximate surface area is 112 Å². The van der Waals surface area contributed by atoms with E-state index in [4.69, 9.17) is 17.0 Å². The van der Waals surface area contributed by atoms with Gasteiger partial charge >= 0.3 is 0 Å². The number of hydrogen-bond acceptors (Lipinski definition) is 2. The molecule has 0 atom stereocenters. The maximum absolute atomic E-state index is 5.41. The summed E-state index contributed by atoms with van der Waals surface area (Å²) in [6, 6.07) is 6.25. The maximum Gasteiger partial charge on any atom is 0.174 e. The molecular weight excluding hydrogens is 244 g/mol. The Morgan fingerprint density at radius 1 is 1.22 bits per heavy atom. The van der Waals surface area contributed by atoms with Gasteiger partial charge in [0.25, 0.3) is 0 Å². The number of nitrogens with one attached hydrogen (secondary N) is 2. The normalized spacial score (nSPS) is 11.6. The van der Waals surface area contributed by atoms with Crippen LogP contribution in [0.15, 0.2) is 24.4 Å². The van der Waals surface area contributed by atoms with Crippen molar-refractivity contribution in [3.8, 4) is 17.0 Å². The monoisotopic (exact) mass is 262 g/mol. The summed E-state index contributed by atoms with van der Waals surface area (Å²) in [5.74, 6) is 0.841. The van der Waals surface area contributed by atoms with E-state index in [-0.39, 0.29) is 5.41 Å². The quantitative estimate of drug-likeness (QED) is 0.802. The highest BCUT2D eigenvalue weighted by Gasteiger charge is 2.17. The third-order valence-electron chi connectivity index (χ3n) is 2.95. The van der Waals surface area contributed by atoms with Crippen molar-refractivity contribution in [2.75, 3.05) is 7.11 Å². The fourth-order valence-corrected chi connectivity index (χ4v) is 2.03. The lowest BCUT2D eigenvalue weighted by Crippen LogP contribution is -2.11. The third-order valence-corrected chi connectivity index (χ3v) is 3.17. The molecule has 2 N–H and O–H groups in total. The fraction of sp³-hybridized carbons (Fsp3) is 0.357. The summed E-state index contributed by atoms with van der Waals surface area (Å²) in [5.41, 5.74) is 3.34. The third kappa shape index (κ3) is 2.48. The minimum absolute atomic E-state index is 0.105. The molecule has 2 aromatic rings. The number of hydrogen-bond donors (Lipinski definition) is 2. The van der Waals surface area contributed by atoms with E-state index in [0.29, 0.717) is 4.77 Å². The molecule has 1 aromatic heterocycles. The van der Waals surface area contributed by atoms with Crippen LogP contribution in [0, 0.1) is 4.77 Å². The van der Waals surface area contributed by atoms with Crippen LogP contribution in [0.5, 0.6) is 5.75 Å². The number of aromatic nitrogens is 2. The van der Waals surface area contributed by atoms with E-state index < -0.39 is 0 Å². The summed E-state index contributed by atoms with van der Waals surface area (Å²) in [6.07, 6.45) is 1.87. The Morgan fingerprint density at radius 3 is 2.44 bits per heavy atom. The van der Waals surface area contributed by atoms with Gasteiger partial charge in [0, 0.05) is 11.8 Å². The molecule has 0 radical (unpaired) electrons. The SMILES string of the molecule is COc1ccc(C(C)(C)C)cc1-c1c[nH]c(=S)[nH]1. The zero-order chi connectivity index (χ0) is 13.3. The number of rotatable bonds is 2. The molecule has 0 amide bonds. The van der Waals surface area contributed by atoms with Crippen molar-refractivity contribution in [1.29, 1.82) is 0 Å². The highest BCUT2D eigenvalue weighted by molar-refractivity contribution is 7.71. The van der Waals surface area contributed by atoms with Gasteiger partial charge in [-0.1, -0.05) is 26.8 Å². The van der Waals surface area contributed by atoms with Crippen molar-refractivity contribution in [3.05, 3.63) is 34.7 Å². The first-order chi connectivity index (χ1) is 8.41. The predicted octanol–water partition coefficient (Wildman–Crippen LogP) is 4.05. The van der Waals surface area contributed by atoms with E-state index >= 15 is 0 Å². The second-order valence-corrected chi connectivity index (χ2v) is 5.73. The van der Waals surface area contributed by atoms with Gasteiger partial charge in [0.15, 0.2) is 4.77 Å². The Kier molecular flexibility index (Phi) is 3.30. The van der Waals surface area contributed by atoms with Crippen molar-refractivity contribution < 1.29 is 4.74 Å². The first-order valence-corrected chi connectivity index (χ1v) is 6.29. The van der Waals surface area contributed by atoms with Crippen LogP contribution in [0.4, 0.5) is 0 Å². The van der Waals surface area contributed by atoms with E-state index in [9.17, 15) is 0 Å². The standard InChI is InChI=1S/C14H18N2OS/c1-14(2,3)9-5-6-12(17-4)10(7-9)11-8-15-13(18)16-11/h5-8H,1-4H3,(H2,15,16,18). The summed E-state index contributed by atoms with van der Waals surface area (Å²) >= 11 is 5.07. The highest BCUT2D eigenvalue weighted by Crippen LogP contribution is 2.33. The first-order valence-electron chi connectivity index (χ1n) is 5.88. The molecule has 0 unspecified atom stereocenters. The van der Waals surface area contributed by atoms with Crippen LogP contribution in [0.2, 0.25) is 0 Å². The molecule has 4 heteroatoms. The summed E-state index contributed by atoms with van der Waals surface area (Å²) < 4.78 is 6.03. The Morgan fingerprint density at radius 2 is 1.94 bits per heavy atom. The number of methoxy groups -OCH3 is 1. The molecule has 3 nitrogen and oxygen atoms in total. The molecule has 0 saturated heterocycles. The van der Waals surface area contributed by atoms with E-state index in [1.165, 1.54) is 5.56 Å². The van der Waals surface area contributed by atoms with Gasteiger partial charge in [0.2, 0.25) is 0 Å². The molecule has 0 spiro atoms. The largest absolute Gasteiger partial charge is 0.496 e. The lowest BCUT2D eigenvalue weighted by Gasteiger charge is -2.20. The number of aromatic amines is 2. The smallest absolute Gasteiger partial charge is 0.174 e. The molecule has 0 aliphatic heterocycles. The van der Waals surface area contributed by atoms with Crippen molar-refractivity contribution in [1.82, 2.24) is 9.97 Å². The molecule has 1 aromatic carbocycles. The van der Waals surface area contributed by atoms with Crippen molar-refractivity contribution in [2.24, 2.45) is 0 Å². The predicted molar refractivity (Wildman–Crippen MR) is 76.7 cm³/mol. The lowest BCUT2D eigenvalue weighted by atomic mass is 9.86. The minimum atomic E-state index is 0.105. The molecule has 1 heterocycles. The van der Waals surface area contributed by atoms with E-state index in [1.54, 1.807) is 7.11 Å². The van der Waals surface area contributed by atoms with Crippen LogP contribution in [0.3, 0.4) is 0 Å². The van der Waals surface area contributed by atoms with Gasteiger partial charge in [0.1, 0.15) is 5.75 Å². The summed E-state index contributed by atoms with van der Waals surface area (Å²) in [5, 5.41) is 0. The molecule has 2 rings (SSSR count). The minimum Gasteiger partial charge on any atom is -0.496 e. The number of H-pyrrole nitrogens is 2. The molecular formula is C14H18N2OS. The molecule has 0 aliphatic carbocycles. The average Bonchev–Trinajstić information content (AvgIpc) is 2.73. The van der Waals surface area contributed by atoms with Gasteiger partial charge in [-0.2, -0.15) is 0 Å². The molecule has 18 heavy (non-hydrogen) atoms. The van der Waals surface area contributed by atoms with Crippen LogP contribution in [-0.2, 0) is 5.41 Å². The summed E-state index contributed by atoms with van der Waals surface area (Å²) in [4.78, 5) is 6.11. The van der Waals surface area contributed by atoms with Crippen LogP contribution < -0.4 is 4.74 Å². The Bertz CT molecular complexity index is 605. The van der Waals surface area contributed by atoms with Gasteiger partial charge in [-0.3, -0.25) is 0 Å². The second kappa shape index (κ2) is 4.61. The van der Waals surface area contributed by atoms with Crippen molar-refractivity contribution in [3.63, 3.8) is 0 Å². The van der Waals surface area contributed by atoms with Gasteiger partial charge in [0.05, 0.1) is 12.8 Å². The van der Waals surface area contributed by atoms with Crippen LogP contribution in [-0.4, -0.2) is 17.1 Å². The average molecular weight is 262 g/mol. The van der Waals surface area contributed by atoms with Gasteiger partial charge < -0.3 is 14.7 Å². The molecule has 0 fully saturated rings. The van der Waals surface area contributed by atoms with Crippen molar-refractivity contribution >= 4 is 12.2 Å². The Balaban J connectivity index is 2.60. The van der Waals surface area contributed by atoms with Crippen LogP contribution >= 0.6 is 12.2 Å². The molecule has 0 aliphatic rings. The summed E-state index contributed by atoms with van der Waals surface area (Å²) in [7, 11) is 1.68. The van der Waals surface area contributed by atoms with Gasteiger partial charge in [-0.05, 0) is 35.3 Å². The zero-order valence-corrected chi connectivity index (χ0v) is 11.9.